The van der Waals surface area contributed by atoms with Crippen molar-refractivity contribution < 1.29 is 23.9 Å². The van der Waals surface area contributed by atoms with Crippen molar-refractivity contribution in [3.8, 4) is 0 Å². The van der Waals surface area contributed by atoms with E-state index in [9.17, 15) is 19.2 Å². The number of hydrogen-bond donors (Lipinski definition) is 2. The number of aryl methyl sites for hydroxylation is 2. The lowest BCUT2D eigenvalue weighted by Gasteiger charge is -2.14. The molecule has 1 aliphatic rings. The predicted octanol–water partition coefficient (Wildman–Crippen LogP) is 1.57. The Morgan fingerprint density at radius 2 is 1.76 bits per heavy atom. The summed E-state index contributed by atoms with van der Waals surface area (Å²) in [4.78, 5) is 53.1. The molecule has 25 heavy (non-hydrogen) atoms. The highest BCUT2D eigenvalue weighted by Crippen LogP contribution is 2.22. The standard InChI is InChI=1S/C17H23N3O5/c1-6-25-16(23)13-10(5)18-9(4)12(13)11(21)7-20-15(22)14(8(2)3)19-17(20)24/h8,14,18H,6-7H2,1-5H3,(H,19,24). The smallest absolute Gasteiger partial charge is 0.340 e. The minimum atomic E-state index is -0.640. The number of aromatic amines is 1. The van der Waals surface area contributed by atoms with Crippen molar-refractivity contribution >= 4 is 23.7 Å². The maximum absolute atomic E-state index is 12.7. The molecule has 2 heterocycles. The predicted molar refractivity (Wildman–Crippen MR) is 89.4 cm³/mol. The first kappa shape index (κ1) is 18.7. The van der Waals surface area contributed by atoms with E-state index in [1.54, 1.807) is 20.8 Å². The molecule has 2 N–H and O–H groups in total. The minimum Gasteiger partial charge on any atom is -0.462 e. The third kappa shape index (κ3) is 3.42. The second-order valence-electron chi connectivity index (χ2n) is 6.36. The highest BCUT2D eigenvalue weighted by atomic mass is 16.5. The summed E-state index contributed by atoms with van der Waals surface area (Å²) in [5.41, 5.74) is 1.32. The molecular weight excluding hydrogens is 326 g/mol. The van der Waals surface area contributed by atoms with Crippen LogP contribution in [0.15, 0.2) is 0 Å². The number of amides is 3. The Hall–Kier alpha value is -2.64. The molecule has 1 aromatic heterocycles. The van der Waals surface area contributed by atoms with Crippen molar-refractivity contribution in [1.29, 1.82) is 0 Å². The lowest BCUT2D eigenvalue weighted by atomic mass is 10.0. The lowest BCUT2D eigenvalue weighted by molar-refractivity contribution is -0.128. The van der Waals surface area contributed by atoms with Crippen molar-refractivity contribution in [2.24, 2.45) is 5.92 Å². The zero-order valence-electron chi connectivity index (χ0n) is 15.1. The second-order valence-corrected chi connectivity index (χ2v) is 6.36. The average Bonchev–Trinajstić information content (AvgIpc) is 2.97. The van der Waals surface area contributed by atoms with Crippen molar-refractivity contribution in [1.82, 2.24) is 15.2 Å². The Labute approximate surface area is 145 Å². The molecule has 1 aliphatic heterocycles. The van der Waals surface area contributed by atoms with Crippen LogP contribution in [0.5, 0.6) is 0 Å². The molecule has 136 valence electrons. The van der Waals surface area contributed by atoms with Gasteiger partial charge >= 0.3 is 12.0 Å². The van der Waals surface area contributed by atoms with Gasteiger partial charge in [-0.2, -0.15) is 0 Å². The molecule has 0 bridgehead atoms. The molecule has 0 spiro atoms. The molecule has 1 fully saturated rings. The third-order valence-corrected chi connectivity index (χ3v) is 4.16. The molecule has 0 saturated carbocycles. The van der Waals surface area contributed by atoms with Gasteiger partial charge in [0.25, 0.3) is 5.91 Å². The van der Waals surface area contributed by atoms with Gasteiger partial charge in [-0.3, -0.25) is 14.5 Å². The summed E-state index contributed by atoms with van der Waals surface area (Å²) in [6.45, 7) is 8.38. The number of imide groups is 1. The van der Waals surface area contributed by atoms with Crippen molar-refractivity contribution in [3.63, 3.8) is 0 Å². The Balaban J connectivity index is 2.29. The summed E-state index contributed by atoms with van der Waals surface area (Å²) in [7, 11) is 0. The molecule has 3 amide bonds. The Morgan fingerprint density at radius 3 is 2.28 bits per heavy atom. The fraction of sp³-hybridized carbons (Fsp3) is 0.529. The van der Waals surface area contributed by atoms with Crippen LogP contribution in [-0.2, 0) is 9.53 Å². The van der Waals surface area contributed by atoms with Gasteiger partial charge in [-0.1, -0.05) is 13.8 Å². The zero-order chi connectivity index (χ0) is 18.9. The number of ketones is 1. The number of nitrogens with zero attached hydrogens (tertiary/aromatic N) is 1. The highest BCUT2D eigenvalue weighted by Gasteiger charge is 2.41. The maximum Gasteiger partial charge on any atom is 0.340 e. The molecule has 0 aliphatic carbocycles. The number of hydrogen-bond acceptors (Lipinski definition) is 5. The van der Waals surface area contributed by atoms with E-state index in [-0.39, 0.29) is 23.7 Å². The number of carbonyl (C=O) groups excluding carboxylic acids is 4. The van der Waals surface area contributed by atoms with Gasteiger partial charge in [0.2, 0.25) is 0 Å². The lowest BCUT2D eigenvalue weighted by Crippen LogP contribution is -2.37. The van der Waals surface area contributed by atoms with Crippen molar-refractivity contribution in [2.75, 3.05) is 13.2 Å². The molecule has 0 aromatic carbocycles. The molecule has 1 atom stereocenters. The van der Waals surface area contributed by atoms with Crippen LogP contribution in [0.1, 0.15) is 52.9 Å². The molecule has 2 rings (SSSR count). The molecule has 8 nitrogen and oxygen atoms in total. The van der Waals surface area contributed by atoms with Crippen LogP contribution in [0, 0.1) is 19.8 Å². The van der Waals surface area contributed by atoms with Crippen molar-refractivity contribution in [3.05, 3.63) is 22.5 Å². The van der Waals surface area contributed by atoms with E-state index in [0.717, 1.165) is 4.90 Å². The van der Waals surface area contributed by atoms with Crippen LogP contribution in [0.25, 0.3) is 0 Å². The van der Waals surface area contributed by atoms with Crippen LogP contribution in [-0.4, -0.2) is 52.8 Å². The summed E-state index contributed by atoms with van der Waals surface area (Å²) < 4.78 is 5.00. The summed E-state index contributed by atoms with van der Waals surface area (Å²) >= 11 is 0. The first-order valence-corrected chi connectivity index (χ1v) is 8.20. The zero-order valence-corrected chi connectivity index (χ0v) is 15.1. The van der Waals surface area contributed by atoms with Gasteiger partial charge in [-0.15, -0.1) is 0 Å². The van der Waals surface area contributed by atoms with Gasteiger partial charge in [0.1, 0.15) is 6.04 Å². The maximum atomic E-state index is 12.7. The number of aromatic nitrogens is 1. The number of Topliss-reactive ketones (excluding diaryl/α,β-unsaturated/α-hetero) is 1. The normalized spacial score (nSPS) is 17.2. The molecule has 1 aromatic rings. The van der Waals surface area contributed by atoms with E-state index in [1.165, 1.54) is 0 Å². The molecule has 0 radical (unpaired) electrons. The topological polar surface area (TPSA) is 109 Å². The Morgan fingerprint density at radius 1 is 1.16 bits per heavy atom. The summed E-state index contributed by atoms with van der Waals surface area (Å²) in [5, 5.41) is 2.57. The van der Waals surface area contributed by atoms with E-state index in [0.29, 0.717) is 11.4 Å². The quantitative estimate of drug-likeness (QED) is 0.460. The molecule has 1 unspecified atom stereocenters. The van der Waals surface area contributed by atoms with E-state index in [1.807, 2.05) is 13.8 Å². The largest absolute Gasteiger partial charge is 0.462 e. The van der Waals surface area contributed by atoms with Crippen LogP contribution in [0.3, 0.4) is 0 Å². The highest BCUT2D eigenvalue weighted by molar-refractivity contribution is 6.13. The van der Waals surface area contributed by atoms with E-state index in [2.05, 4.69) is 10.3 Å². The van der Waals surface area contributed by atoms with Gasteiger partial charge in [-0.05, 0) is 26.7 Å². The van der Waals surface area contributed by atoms with Gasteiger partial charge in [0, 0.05) is 11.4 Å². The van der Waals surface area contributed by atoms with Crippen LogP contribution < -0.4 is 5.32 Å². The fourth-order valence-corrected chi connectivity index (χ4v) is 2.95. The molecular formula is C17H23N3O5. The number of nitrogens with one attached hydrogen (secondary N) is 2. The summed E-state index contributed by atoms with van der Waals surface area (Å²) in [6, 6.07) is -1.24. The molecule has 1 saturated heterocycles. The Bertz CT molecular complexity index is 735. The number of esters is 1. The van der Waals surface area contributed by atoms with Crippen LogP contribution in [0.2, 0.25) is 0 Å². The van der Waals surface area contributed by atoms with E-state index >= 15 is 0 Å². The first-order chi connectivity index (χ1) is 11.7. The third-order valence-electron chi connectivity index (χ3n) is 4.16. The number of H-pyrrole nitrogens is 1. The van der Waals surface area contributed by atoms with Gasteiger partial charge < -0.3 is 15.0 Å². The van der Waals surface area contributed by atoms with Crippen LogP contribution in [0.4, 0.5) is 4.79 Å². The van der Waals surface area contributed by atoms with Gasteiger partial charge in [0.05, 0.1) is 24.3 Å². The van der Waals surface area contributed by atoms with Gasteiger partial charge in [0.15, 0.2) is 5.78 Å². The molecule has 8 heteroatoms. The first-order valence-electron chi connectivity index (χ1n) is 8.20. The van der Waals surface area contributed by atoms with Crippen LogP contribution >= 0.6 is 0 Å². The summed E-state index contributed by atoms with van der Waals surface area (Å²) in [6.07, 6.45) is 0. The number of rotatable bonds is 6. The minimum absolute atomic E-state index is 0.0807. The van der Waals surface area contributed by atoms with E-state index < -0.39 is 36.3 Å². The number of ether oxygens (including phenoxy) is 1. The van der Waals surface area contributed by atoms with Crippen molar-refractivity contribution in [2.45, 2.75) is 40.7 Å². The van der Waals surface area contributed by atoms with E-state index in [4.69, 9.17) is 4.74 Å². The average molecular weight is 349 g/mol. The SMILES string of the molecule is CCOC(=O)c1c(C)[nH]c(C)c1C(=O)CN1C(=O)NC(C(C)C)C1=O. The second kappa shape index (κ2) is 7.08. The number of carbonyl (C=O) groups is 4. The fourth-order valence-electron chi connectivity index (χ4n) is 2.95. The summed E-state index contributed by atoms with van der Waals surface area (Å²) in [5.74, 6) is -1.61. The van der Waals surface area contributed by atoms with Gasteiger partial charge in [-0.25, -0.2) is 9.59 Å². The number of urea groups is 1. The monoisotopic (exact) mass is 349 g/mol. The Kier molecular flexibility index (Phi) is 5.30.